The molecule has 2 nitrogen and oxygen atoms in total. The fourth-order valence-electron chi connectivity index (χ4n) is 1.62. The molecule has 0 aromatic heterocycles. The highest BCUT2D eigenvalue weighted by Crippen LogP contribution is 2.27. The van der Waals surface area contributed by atoms with Crippen LogP contribution in [0.3, 0.4) is 0 Å². The van der Waals surface area contributed by atoms with Crippen LogP contribution in [0, 0.1) is 6.92 Å². The molecule has 3 heteroatoms. The monoisotopic (exact) mass is 271 g/mol. The van der Waals surface area contributed by atoms with Crippen LogP contribution in [-0.4, -0.2) is 13.7 Å². The molecule has 0 heterocycles. The average molecular weight is 272 g/mol. The van der Waals surface area contributed by atoms with Crippen molar-refractivity contribution in [1.82, 2.24) is 5.32 Å². The van der Waals surface area contributed by atoms with E-state index in [1.54, 1.807) is 7.11 Å². The highest BCUT2D eigenvalue weighted by atomic mass is 79.9. The molecule has 1 aromatic rings. The predicted octanol–water partition coefficient (Wildman–Crippen LogP) is 3.27. The minimum atomic E-state index is 0.858. The van der Waals surface area contributed by atoms with Gasteiger partial charge in [0.25, 0.3) is 0 Å². The lowest BCUT2D eigenvalue weighted by Crippen LogP contribution is -2.14. The van der Waals surface area contributed by atoms with Gasteiger partial charge in [-0.3, -0.25) is 0 Å². The molecular formula is C12H18BrNO. The summed E-state index contributed by atoms with van der Waals surface area (Å²) < 4.78 is 6.51. The van der Waals surface area contributed by atoms with Crippen molar-refractivity contribution in [1.29, 1.82) is 0 Å². The lowest BCUT2D eigenvalue weighted by atomic mass is 10.1. The number of rotatable bonds is 5. The number of halogens is 1. The van der Waals surface area contributed by atoms with Gasteiger partial charge < -0.3 is 10.1 Å². The van der Waals surface area contributed by atoms with Crippen molar-refractivity contribution in [2.24, 2.45) is 0 Å². The number of hydrogen-bond donors (Lipinski definition) is 1. The maximum atomic E-state index is 5.40. The fraction of sp³-hybridized carbons (Fsp3) is 0.500. The first-order valence-corrected chi connectivity index (χ1v) is 6.02. The molecule has 0 fully saturated rings. The van der Waals surface area contributed by atoms with Gasteiger partial charge in [-0.25, -0.2) is 0 Å². The van der Waals surface area contributed by atoms with E-state index in [0.29, 0.717) is 0 Å². The Balaban J connectivity index is 2.84. The fourth-order valence-corrected chi connectivity index (χ4v) is 2.24. The van der Waals surface area contributed by atoms with Gasteiger partial charge in [0.1, 0.15) is 5.75 Å². The minimum Gasteiger partial charge on any atom is -0.496 e. The first-order valence-electron chi connectivity index (χ1n) is 5.22. The zero-order chi connectivity index (χ0) is 11.3. The van der Waals surface area contributed by atoms with E-state index in [1.807, 2.05) is 0 Å². The average Bonchev–Trinajstić information content (AvgIpc) is 2.17. The van der Waals surface area contributed by atoms with Gasteiger partial charge in [-0.2, -0.15) is 0 Å². The molecule has 0 radical (unpaired) electrons. The molecule has 0 saturated heterocycles. The Kier molecular flexibility index (Phi) is 5.12. The van der Waals surface area contributed by atoms with E-state index in [2.05, 4.69) is 47.2 Å². The van der Waals surface area contributed by atoms with Crippen molar-refractivity contribution in [3.05, 3.63) is 27.7 Å². The third-order valence-electron chi connectivity index (χ3n) is 2.26. The number of aryl methyl sites for hydroxylation is 1. The summed E-state index contributed by atoms with van der Waals surface area (Å²) in [5.41, 5.74) is 2.37. The summed E-state index contributed by atoms with van der Waals surface area (Å²) in [5, 5.41) is 3.38. The highest BCUT2D eigenvalue weighted by Gasteiger charge is 2.07. The van der Waals surface area contributed by atoms with Crippen molar-refractivity contribution in [2.45, 2.75) is 26.8 Å². The molecule has 0 amide bonds. The van der Waals surface area contributed by atoms with Gasteiger partial charge in [-0.15, -0.1) is 0 Å². The van der Waals surface area contributed by atoms with Crippen LogP contribution in [0.1, 0.15) is 24.5 Å². The van der Waals surface area contributed by atoms with Crippen molar-refractivity contribution < 1.29 is 4.74 Å². The Labute approximate surface area is 100 Å². The summed E-state index contributed by atoms with van der Waals surface area (Å²) in [5.74, 6) is 0.988. The molecule has 0 spiro atoms. The van der Waals surface area contributed by atoms with Crippen molar-refractivity contribution in [3.63, 3.8) is 0 Å². The molecule has 84 valence electrons. The normalized spacial score (nSPS) is 10.4. The predicted molar refractivity (Wildman–Crippen MR) is 67.4 cm³/mol. The number of ether oxygens (including phenoxy) is 1. The second-order valence-corrected chi connectivity index (χ2v) is 4.51. The van der Waals surface area contributed by atoms with Crippen LogP contribution in [0.15, 0.2) is 16.6 Å². The van der Waals surface area contributed by atoms with E-state index in [9.17, 15) is 0 Å². The summed E-state index contributed by atoms with van der Waals surface area (Å²) in [6.45, 7) is 6.12. The lowest BCUT2D eigenvalue weighted by Gasteiger charge is -2.12. The molecule has 15 heavy (non-hydrogen) atoms. The molecule has 1 N–H and O–H groups in total. The summed E-state index contributed by atoms with van der Waals surface area (Å²) in [4.78, 5) is 0. The quantitative estimate of drug-likeness (QED) is 0.831. The van der Waals surface area contributed by atoms with E-state index in [4.69, 9.17) is 4.74 Å². The van der Waals surface area contributed by atoms with Crippen LogP contribution in [0.25, 0.3) is 0 Å². The van der Waals surface area contributed by atoms with E-state index in [-0.39, 0.29) is 0 Å². The molecule has 0 unspecified atom stereocenters. The topological polar surface area (TPSA) is 21.3 Å². The first-order chi connectivity index (χ1) is 7.19. The van der Waals surface area contributed by atoms with Crippen LogP contribution in [0.5, 0.6) is 5.75 Å². The lowest BCUT2D eigenvalue weighted by molar-refractivity contribution is 0.404. The number of methoxy groups -OCH3 is 1. The van der Waals surface area contributed by atoms with Gasteiger partial charge >= 0.3 is 0 Å². The van der Waals surface area contributed by atoms with Crippen LogP contribution in [-0.2, 0) is 6.54 Å². The van der Waals surface area contributed by atoms with Gasteiger partial charge in [-0.05, 0) is 37.6 Å². The Morgan fingerprint density at radius 2 is 2.13 bits per heavy atom. The molecule has 1 aromatic carbocycles. The molecule has 1 rings (SSSR count). The Hall–Kier alpha value is -0.540. The van der Waals surface area contributed by atoms with Crippen LogP contribution in [0.4, 0.5) is 0 Å². The van der Waals surface area contributed by atoms with Crippen molar-refractivity contribution in [2.75, 3.05) is 13.7 Å². The number of hydrogen-bond acceptors (Lipinski definition) is 2. The Morgan fingerprint density at radius 3 is 2.73 bits per heavy atom. The third kappa shape index (κ3) is 3.50. The zero-order valence-electron chi connectivity index (χ0n) is 9.56. The molecule has 0 saturated carbocycles. The van der Waals surface area contributed by atoms with Crippen molar-refractivity contribution in [3.8, 4) is 5.75 Å². The summed E-state index contributed by atoms with van der Waals surface area (Å²) >= 11 is 3.50. The summed E-state index contributed by atoms with van der Waals surface area (Å²) in [6, 6.07) is 4.18. The molecule has 0 bridgehead atoms. The largest absolute Gasteiger partial charge is 0.496 e. The molecule has 0 aliphatic carbocycles. The molecule has 0 atom stereocenters. The van der Waals surface area contributed by atoms with E-state index >= 15 is 0 Å². The minimum absolute atomic E-state index is 0.858. The second-order valence-electron chi connectivity index (χ2n) is 3.59. The van der Waals surface area contributed by atoms with E-state index < -0.39 is 0 Å². The summed E-state index contributed by atoms with van der Waals surface area (Å²) in [7, 11) is 1.72. The van der Waals surface area contributed by atoms with Gasteiger partial charge in [0.05, 0.1) is 7.11 Å². The standard InChI is InChI=1S/C12H18BrNO/c1-4-5-14-8-10-7-11(13)6-9(2)12(10)15-3/h6-7,14H,4-5,8H2,1-3H3. The van der Waals surface area contributed by atoms with Gasteiger partial charge in [0.15, 0.2) is 0 Å². The number of benzene rings is 1. The maximum absolute atomic E-state index is 5.40. The van der Waals surface area contributed by atoms with Crippen LogP contribution < -0.4 is 10.1 Å². The second kappa shape index (κ2) is 6.13. The smallest absolute Gasteiger partial charge is 0.126 e. The van der Waals surface area contributed by atoms with Crippen molar-refractivity contribution >= 4 is 15.9 Å². The molecular weight excluding hydrogens is 254 g/mol. The Morgan fingerprint density at radius 1 is 1.40 bits per heavy atom. The zero-order valence-corrected chi connectivity index (χ0v) is 11.1. The molecule has 0 aliphatic rings. The van der Waals surface area contributed by atoms with Gasteiger partial charge in [0.2, 0.25) is 0 Å². The summed E-state index contributed by atoms with van der Waals surface area (Å²) in [6.07, 6.45) is 1.15. The SMILES string of the molecule is CCCNCc1cc(Br)cc(C)c1OC. The maximum Gasteiger partial charge on any atom is 0.126 e. The van der Waals surface area contributed by atoms with Gasteiger partial charge in [-0.1, -0.05) is 22.9 Å². The van der Waals surface area contributed by atoms with Crippen LogP contribution >= 0.6 is 15.9 Å². The highest BCUT2D eigenvalue weighted by molar-refractivity contribution is 9.10. The van der Waals surface area contributed by atoms with Crippen LogP contribution in [0.2, 0.25) is 0 Å². The van der Waals surface area contributed by atoms with Gasteiger partial charge in [0, 0.05) is 16.6 Å². The molecule has 0 aliphatic heterocycles. The first kappa shape index (κ1) is 12.5. The number of nitrogens with one attached hydrogen (secondary N) is 1. The van der Waals surface area contributed by atoms with E-state index in [0.717, 1.165) is 29.7 Å². The third-order valence-corrected chi connectivity index (χ3v) is 2.72. The van der Waals surface area contributed by atoms with E-state index in [1.165, 1.54) is 11.1 Å². The Bertz CT molecular complexity index is 326.